The van der Waals surface area contributed by atoms with Crippen molar-refractivity contribution < 1.29 is 39.7 Å². The number of rotatable bonds is 14. The van der Waals surface area contributed by atoms with Crippen LogP contribution < -0.4 is 15.2 Å². The summed E-state index contributed by atoms with van der Waals surface area (Å²) >= 11 is 1.83. The minimum absolute atomic E-state index is 0.194. The first kappa shape index (κ1) is 31.2. The summed E-state index contributed by atoms with van der Waals surface area (Å²) in [6.07, 6.45) is 0.673. The fourth-order valence-electron chi connectivity index (χ4n) is 4.38. The second-order valence-corrected chi connectivity index (χ2v) is 10.6. The Bertz CT molecular complexity index is 1270. The van der Waals surface area contributed by atoms with E-state index in [1.807, 2.05) is 35.3 Å². The molecule has 0 aliphatic heterocycles. The number of hydrogen-bond acceptors (Lipinski definition) is 8. The molecule has 4 rings (SSSR count). The van der Waals surface area contributed by atoms with Crippen molar-refractivity contribution in [2.75, 3.05) is 38.7 Å². The number of carbonyl (C=O) groups is 1. The molecule has 0 amide bonds. The summed E-state index contributed by atoms with van der Waals surface area (Å²) < 4.78 is 10.9. The van der Waals surface area contributed by atoms with E-state index < -0.39 is 12.6 Å². The van der Waals surface area contributed by atoms with Crippen molar-refractivity contribution in [2.24, 2.45) is 0 Å². The van der Waals surface area contributed by atoms with Gasteiger partial charge in [0, 0.05) is 10.9 Å². The molecule has 0 unspecified atom stereocenters. The Morgan fingerprint density at radius 3 is 2.05 bits per heavy atom. The highest BCUT2D eigenvalue weighted by atomic mass is 32.2. The molecule has 0 fully saturated rings. The van der Waals surface area contributed by atoms with Crippen LogP contribution in [-0.2, 0) is 22.6 Å². The highest BCUT2D eigenvalue weighted by Gasteiger charge is 2.29. The number of para-hydroxylation sites is 1. The van der Waals surface area contributed by atoms with Crippen molar-refractivity contribution in [2.45, 2.75) is 24.7 Å². The zero-order valence-electron chi connectivity index (χ0n) is 22.6. The maximum Gasteiger partial charge on any atom is 0.176 e. The van der Waals surface area contributed by atoms with Crippen LogP contribution in [0.2, 0.25) is 0 Å². The maximum atomic E-state index is 10.8. The van der Waals surface area contributed by atoms with Gasteiger partial charge >= 0.3 is 0 Å². The number of aryl methyl sites for hydroxylation is 1. The molecular formula is C31H37NO7S. The monoisotopic (exact) mass is 567 g/mol. The van der Waals surface area contributed by atoms with Crippen LogP contribution in [0.5, 0.6) is 5.75 Å². The van der Waals surface area contributed by atoms with Crippen LogP contribution in [0.15, 0.2) is 83.3 Å². The van der Waals surface area contributed by atoms with Crippen LogP contribution >= 0.6 is 11.8 Å². The topological polar surface area (TPSA) is 140 Å². The number of benzene rings is 3. The minimum atomic E-state index is -1.31. The van der Waals surface area contributed by atoms with Gasteiger partial charge < -0.3 is 39.7 Å². The molecule has 0 spiro atoms. The van der Waals surface area contributed by atoms with Crippen molar-refractivity contribution in [3.05, 3.63) is 101 Å². The van der Waals surface area contributed by atoms with Crippen LogP contribution in [0.3, 0.4) is 0 Å². The molecular weight excluding hydrogens is 530 g/mol. The normalized spacial score (nSPS) is 11.2. The van der Waals surface area contributed by atoms with E-state index >= 15 is 0 Å². The second kappa shape index (κ2) is 16.1. The number of carboxylic acids is 1. The van der Waals surface area contributed by atoms with Gasteiger partial charge in [0.1, 0.15) is 19.0 Å². The predicted octanol–water partition coefficient (Wildman–Crippen LogP) is 1.83. The Morgan fingerprint density at radius 1 is 0.925 bits per heavy atom. The van der Waals surface area contributed by atoms with Gasteiger partial charge in [0.25, 0.3) is 0 Å². The van der Waals surface area contributed by atoms with Gasteiger partial charge in [-0.05, 0) is 36.3 Å². The number of aliphatic carboxylic acids is 1. The molecule has 5 N–H and O–H groups in total. The molecule has 0 aliphatic carbocycles. The lowest BCUT2D eigenvalue weighted by Gasteiger charge is -2.30. The number of thioether (sulfide) groups is 1. The number of carbonyl (C=O) groups excluding carboxylic acids is 1. The zero-order chi connectivity index (χ0) is 28.8. The van der Waals surface area contributed by atoms with Crippen molar-refractivity contribution in [3.8, 4) is 5.75 Å². The van der Waals surface area contributed by atoms with E-state index in [2.05, 4.69) is 55.5 Å². The lowest BCUT2D eigenvalue weighted by Crippen LogP contribution is -2.85. The number of nitrogens with two attached hydrogens (primary N) is 1. The summed E-state index contributed by atoms with van der Waals surface area (Å²) in [6.45, 7) is 3.20. The molecule has 40 heavy (non-hydrogen) atoms. The van der Waals surface area contributed by atoms with Crippen LogP contribution in [0, 0.1) is 0 Å². The number of fused-ring (bicyclic) bond motifs is 1. The van der Waals surface area contributed by atoms with E-state index in [9.17, 15) is 15.0 Å². The van der Waals surface area contributed by atoms with Gasteiger partial charge in [0.2, 0.25) is 0 Å². The van der Waals surface area contributed by atoms with Gasteiger partial charge in [-0.15, -0.1) is 11.8 Å². The number of hydrogen-bond donors (Lipinski definition) is 4. The molecule has 3 aromatic carbocycles. The first-order chi connectivity index (χ1) is 19.4. The molecule has 1 heterocycles. The van der Waals surface area contributed by atoms with Gasteiger partial charge in [-0.2, -0.15) is 0 Å². The molecule has 0 radical (unpaired) electrons. The fourth-order valence-corrected chi connectivity index (χ4v) is 5.70. The summed E-state index contributed by atoms with van der Waals surface area (Å²) in [7, 11) is 0. The Morgan fingerprint density at radius 2 is 1.52 bits per heavy atom. The first-order valence-electron chi connectivity index (χ1n) is 13.2. The summed E-state index contributed by atoms with van der Waals surface area (Å²) in [5.41, 5.74) is 3.79. The number of ether oxygens (including phenoxy) is 1. The number of aliphatic hydroxyl groups is 3. The number of furan rings is 1. The highest BCUT2D eigenvalue weighted by Crippen LogP contribution is 2.43. The maximum absolute atomic E-state index is 10.8. The summed E-state index contributed by atoms with van der Waals surface area (Å²) in [6, 6.07) is 26.2. The quantitative estimate of drug-likeness (QED) is 0.169. The van der Waals surface area contributed by atoms with E-state index in [1.54, 1.807) is 12.1 Å². The Hall–Kier alpha value is -3.34. The molecule has 4 aromatic rings. The average Bonchev–Trinajstić information content (AvgIpc) is 3.35. The van der Waals surface area contributed by atoms with Gasteiger partial charge in [0.15, 0.2) is 11.3 Å². The lowest BCUT2D eigenvalue weighted by molar-refractivity contribution is -0.657. The van der Waals surface area contributed by atoms with E-state index in [-0.39, 0.29) is 24.6 Å². The molecule has 0 atom stereocenters. The minimum Gasteiger partial charge on any atom is -0.546 e. The Balaban J connectivity index is 0.000000559. The molecule has 0 saturated carbocycles. The van der Waals surface area contributed by atoms with Crippen LogP contribution in [0.4, 0.5) is 0 Å². The summed E-state index contributed by atoms with van der Waals surface area (Å²) in [4.78, 5) is 10.8. The van der Waals surface area contributed by atoms with Crippen molar-refractivity contribution in [3.63, 3.8) is 0 Å². The van der Waals surface area contributed by atoms with E-state index in [0.29, 0.717) is 36.6 Å². The van der Waals surface area contributed by atoms with Crippen molar-refractivity contribution >= 4 is 28.7 Å². The third-order valence-electron chi connectivity index (χ3n) is 6.41. The van der Waals surface area contributed by atoms with Gasteiger partial charge in [-0.25, -0.2) is 0 Å². The number of carboxylic acid groups (broad SMARTS) is 1. The molecule has 9 heteroatoms. The third kappa shape index (κ3) is 8.33. The predicted molar refractivity (Wildman–Crippen MR) is 154 cm³/mol. The largest absolute Gasteiger partial charge is 0.546 e. The standard InChI is InChI=1S/C27H26O5S.C4H11NO2/c1-27(19-9-4-2-5-10-19,20-11-6-3-7-12-20)33-16-15-21-22-13-8-14-23(31-18-25(29)30)26(22)32-24(21)17-28;6-3-1-5-2-4-7/h2-14,28H,15-18H2,1H3,(H,29,30);5-7H,1-4H2. The molecule has 214 valence electrons. The summed E-state index contributed by atoms with van der Waals surface area (Å²) in [5, 5.41) is 39.7. The van der Waals surface area contributed by atoms with Gasteiger partial charge in [-0.3, -0.25) is 0 Å². The summed E-state index contributed by atoms with van der Waals surface area (Å²) in [5.74, 6) is 0.269. The van der Waals surface area contributed by atoms with Crippen LogP contribution in [0.1, 0.15) is 29.4 Å². The molecule has 1 aromatic heterocycles. The Kier molecular flexibility index (Phi) is 12.5. The van der Waals surface area contributed by atoms with Crippen LogP contribution in [-0.4, -0.2) is 60.0 Å². The van der Waals surface area contributed by atoms with Crippen LogP contribution in [0.25, 0.3) is 11.0 Å². The second-order valence-electron chi connectivity index (χ2n) is 9.13. The molecule has 8 nitrogen and oxygen atoms in total. The zero-order valence-corrected chi connectivity index (χ0v) is 23.4. The Labute approximate surface area is 238 Å². The molecule has 0 aliphatic rings. The van der Waals surface area contributed by atoms with E-state index in [1.165, 1.54) is 11.1 Å². The van der Waals surface area contributed by atoms with E-state index in [0.717, 1.165) is 16.7 Å². The molecule has 0 saturated heterocycles. The van der Waals surface area contributed by atoms with Crippen molar-refractivity contribution in [1.82, 2.24) is 0 Å². The SMILES string of the molecule is CC(SCCc1c(CO)oc2c(OCC(=O)[O-])cccc12)(c1ccccc1)c1ccccc1.OCC[NH2+]CCO. The van der Waals surface area contributed by atoms with Gasteiger partial charge in [-0.1, -0.05) is 72.8 Å². The smallest absolute Gasteiger partial charge is 0.176 e. The number of quaternary nitrogens is 1. The average molecular weight is 568 g/mol. The third-order valence-corrected chi connectivity index (χ3v) is 7.87. The fraction of sp³-hybridized carbons (Fsp3) is 0.323. The van der Waals surface area contributed by atoms with Crippen molar-refractivity contribution in [1.29, 1.82) is 0 Å². The lowest BCUT2D eigenvalue weighted by atomic mass is 9.92. The van der Waals surface area contributed by atoms with Gasteiger partial charge in [0.05, 0.1) is 37.0 Å². The highest BCUT2D eigenvalue weighted by molar-refractivity contribution is 8.00. The number of aliphatic hydroxyl groups excluding tert-OH is 3. The first-order valence-corrected chi connectivity index (χ1v) is 14.2. The molecule has 0 bridgehead atoms. The van der Waals surface area contributed by atoms with E-state index in [4.69, 9.17) is 19.4 Å².